The maximum atomic E-state index is 13.1. The minimum atomic E-state index is -1.43. The predicted molar refractivity (Wildman–Crippen MR) is 130 cm³/mol. The Hall–Kier alpha value is -4.74. The normalized spacial score (nSPS) is 17.2. The molecule has 4 amide bonds. The quantitative estimate of drug-likeness (QED) is 0.293. The van der Waals surface area contributed by atoms with E-state index in [-0.39, 0.29) is 24.3 Å². The summed E-state index contributed by atoms with van der Waals surface area (Å²) < 4.78 is 3.05. The number of anilines is 1. The first kappa shape index (κ1) is 24.4. The van der Waals surface area contributed by atoms with Crippen LogP contribution < -0.4 is 16.2 Å². The van der Waals surface area contributed by atoms with Crippen LogP contribution in [-0.2, 0) is 22.2 Å². The van der Waals surface area contributed by atoms with Crippen LogP contribution in [0.4, 0.5) is 16.2 Å². The number of urea groups is 1. The molecule has 2 heterocycles. The number of aromatic nitrogens is 2. The van der Waals surface area contributed by atoms with Crippen LogP contribution in [0.15, 0.2) is 59.4 Å². The van der Waals surface area contributed by atoms with E-state index in [9.17, 15) is 29.3 Å². The Kier molecular flexibility index (Phi) is 6.19. The zero-order valence-corrected chi connectivity index (χ0v) is 19.8. The molecule has 12 nitrogen and oxygen atoms in total. The number of nitrogens with one attached hydrogen (secondary N) is 2. The first-order chi connectivity index (χ1) is 17.0. The molecular weight excluding hydrogens is 468 g/mol. The van der Waals surface area contributed by atoms with Crippen LogP contribution in [-0.4, -0.2) is 43.6 Å². The summed E-state index contributed by atoms with van der Waals surface area (Å²) >= 11 is 0. The number of amides is 4. The van der Waals surface area contributed by atoms with Crippen LogP contribution in [0.25, 0.3) is 5.69 Å². The molecule has 36 heavy (non-hydrogen) atoms. The number of carbonyl (C=O) groups is 3. The highest BCUT2D eigenvalue weighted by atomic mass is 16.6. The van der Waals surface area contributed by atoms with Crippen LogP contribution in [0.2, 0.25) is 0 Å². The Morgan fingerprint density at radius 3 is 2.33 bits per heavy atom. The number of imide groups is 1. The van der Waals surface area contributed by atoms with Gasteiger partial charge in [-0.25, -0.2) is 9.48 Å². The molecule has 1 fully saturated rings. The van der Waals surface area contributed by atoms with Gasteiger partial charge in [0, 0.05) is 32.1 Å². The number of hydrogen-bond acceptors (Lipinski definition) is 6. The van der Waals surface area contributed by atoms with Gasteiger partial charge in [0.25, 0.3) is 17.2 Å². The molecule has 0 spiro atoms. The van der Waals surface area contributed by atoms with Gasteiger partial charge in [0.2, 0.25) is 5.91 Å². The zero-order chi connectivity index (χ0) is 26.2. The van der Waals surface area contributed by atoms with E-state index in [1.54, 1.807) is 42.9 Å². The number of rotatable bonds is 7. The van der Waals surface area contributed by atoms with Gasteiger partial charge in [0.1, 0.15) is 11.2 Å². The number of non-ortho nitro benzene ring substituents is 1. The maximum Gasteiger partial charge on any atom is 0.325 e. The lowest BCUT2D eigenvalue weighted by atomic mass is 9.92. The minimum Gasteiger partial charge on any atom is -0.320 e. The monoisotopic (exact) mass is 492 g/mol. The van der Waals surface area contributed by atoms with Gasteiger partial charge in [-0.1, -0.05) is 18.2 Å². The van der Waals surface area contributed by atoms with Gasteiger partial charge in [-0.15, -0.1) is 0 Å². The summed E-state index contributed by atoms with van der Waals surface area (Å²) in [4.78, 5) is 62.5. The molecule has 1 atom stereocenters. The molecule has 0 aliphatic carbocycles. The smallest absolute Gasteiger partial charge is 0.320 e. The van der Waals surface area contributed by atoms with E-state index in [0.717, 1.165) is 4.90 Å². The molecule has 1 aliphatic heterocycles. The molecule has 1 aromatic heterocycles. The molecule has 1 aliphatic rings. The van der Waals surface area contributed by atoms with Crippen LogP contribution in [0, 0.1) is 17.0 Å². The second-order valence-corrected chi connectivity index (χ2v) is 8.55. The lowest BCUT2D eigenvalue weighted by Crippen LogP contribution is -2.41. The summed E-state index contributed by atoms with van der Waals surface area (Å²) in [5.74, 6) is -1.12. The first-order valence-electron chi connectivity index (χ1n) is 11.1. The summed E-state index contributed by atoms with van der Waals surface area (Å²) in [6.07, 6.45) is -0.228. The topological polar surface area (TPSA) is 149 Å². The fraction of sp³-hybridized carbons (Fsp3) is 0.250. The molecule has 0 bridgehead atoms. The minimum absolute atomic E-state index is 0.110. The number of benzene rings is 2. The van der Waals surface area contributed by atoms with Gasteiger partial charge in [0.15, 0.2) is 0 Å². The molecular formula is C24H24N6O6. The third kappa shape index (κ3) is 4.13. The Bertz CT molecular complexity index is 1430. The first-order valence-corrected chi connectivity index (χ1v) is 11.1. The van der Waals surface area contributed by atoms with Gasteiger partial charge in [-0.2, -0.15) is 0 Å². The largest absolute Gasteiger partial charge is 0.325 e. The van der Waals surface area contributed by atoms with E-state index in [2.05, 4.69) is 10.6 Å². The van der Waals surface area contributed by atoms with Crippen molar-refractivity contribution < 1.29 is 19.3 Å². The van der Waals surface area contributed by atoms with E-state index >= 15 is 0 Å². The standard InChI is InChI=1S/C24H24N6O6/c1-15-20(21(32)29(27(15)3)17-7-5-4-6-8-17)25-19(31)13-14-28-22(33)24(2,26-23(28)34)16-9-11-18(12-10-16)30(35)36/h4-12H,13-14H2,1-3H3,(H,25,31)(H,26,34). The van der Waals surface area contributed by atoms with Crippen molar-refractivity contribution in [2.75, 3.05) is 11.9 Å². The van der Waals surface area contributed by atoms with Crippen LogP contribution in [0.1, 0.15) is 24.6 Å². The van der Waals surface area contributed by atoms with Crippen molar-refractivity contribution in [3.63, 3.8) is 0 Å². The Balaban J connectivity index is 1.46. The van der Waals surface area contributed by atoms with Crippen LogP contribution >= 0.6 is 0 Å². The lowest BCUT2D eigenvalue weighted by molar-refractivity contribution is -0.384. The summed E-state index contributed by atoms with van der Waals surface area (Å²) in [5.41, 5.74) is -0.316. The van der Waals surface area contributed by atoms with E-state index in [0.29, 0.717) is 16.9 Å². The molecule has 0 radical (unpaired) electrons. The van der Waals surface area contributed by atoms with Crippen molar-refractivity contribution in [2.24, 2.45) is 7.05 Å². The van der Waals surface area contributed by atoms with Crippen molar-refractivity contribution in [3.05, 3.63) is 86.3 Å². The molecule has 4 rings (SSSR count). The number of nitrogens with zero attached hydrogens (tertiary/aromatic N) is 4. The third-order valence-electron chi connectivity index (χ3n) is 6.31. The zero-order valence-electron chi connectivity index (χ0n) is 19.8. The Labute approximate surface area is 205 Å². The summed E-state index contributed by atoms with van der Waals surface area (Å²) in [6.45, 7) is 2.98. The van der Waals surface area contributed by atoms with Crippen molar-refractivity contribution >= 4 is 29.2 Å². The van der Waals surface area contributed by atoms with Crippen molar-refractivity contribution in [2.45, 2.75) is 25.8 Å². The molecule has 12 heteroatoms. The van der Waals surface area contributed by atoms with Gasteiger partial charge in [-0.3, -0.25) is 34.1 Å². The molecule has 2 N–H and O–H groups in total. The molecule has 2 aromatic carbocycles. The number of carbonyl (C=O) groups excluding carboxylic acids is 3. The highest BCUT2D eigenvalue weighted by Gasteiger charge is 2.49. The van der Waals surface area contributed by atoms with E-state index < -0.39 is 33.9 Å². The number of nitro benzene ring substituents is 1. The molecule has 1 saturated heterocycles. The second-order valence-electron chi connectivity index (χ2n) is 8.55. The third-order valence-corrected chi connectivity index (χ3v) is 6.31. The van der Waals surface area contributed by atoms with Crippen molar-refractivity contribution in [1.29, 1.82) is 0 Å². The fourth-order valence-corrected chi connectivity index (χ4v) is 4.14. The summed E-state index contributed by atoms with van der Waals surface area (Å²) in [7, 11) is 1.70. The summed E-state index contributed by atoms with van der Waals surface area (Å²) in [5, 5.41) is 16.1. The fourth-order valence-electron chi connectivity index (χ4n) is 4.14. The van der Waals surface area contributed by atoms with E-state index in [1.165, 1.54) is 35.9 Å². The van der Waals surface area contributed by atoms with Gasteiger partial charge in [-0.05, 0) is 43.7 Å². The summed E-state index contributed by atoms with van der Waals surface area (Å²) in [6, 6.07) is 13.6. The predicted octanol–water partition coefficient (Wildman–Crippen LogP) is 2.19. The molecule has 1 unspecified atom stereocenters. The average molecular weight is 492 g/mol. The van der Waals surface area contributed by atoms with E-state index in [4.69, 9.17) is 0 Å². The van der Waals surface area contributed by atoms with Crippen molar-refractivity contribution in [3.8, 4) is 5.69 Å². The second kappa shape index (κ2) is 9.13. The molecule has 186 valence electrons. The Morgan fingerprint density at radius 2 is 1.72 bits per heavy atom. The molecule has 3 aromatic rings. The maximum absolute atomic E-state index is 13.1. The highest BCUT2D eigenvalue weighted by Crippen LogP contribution is 2.30. The highest BCUT2D eigenvalue weighted by molar-refractivity contribution is 6.07. The van der Waals surface area contributed by atoms with Gasteiger partial charge >= 0.3 is 6.03 Å². The average Bonchev–Trinajstić information content (AvgIpc) is 3.21. The van der Waals surface area contributed by atoms with Gasteiger partial charge < -0.3 is 10.6 Å². The lowest BCUT2D eigenvalue weighted by Gasteiger charge is -2.22. The number of para-hydroxylation sites is 1. The van der Waals surface area contributed by atoms with E-state index in [1.807, 2.05) is 6.07 Å². The number of nitro groups is 1. The Morgan fingerprint density at radius 1 is 1.08 bits per heavy atom. The number of hydrogen-bond donors (Lipinski definition) is 2. The van der Waals surface area contributed by atoms with Crippen LogP contribution in [0.5, 0.6) is 0 Å². The van der Waals surface area contributed by atoms with Crippen molar-refractivity contribution in [1.82, 2.24) is 19.6 Å². The van der Waals surface area contributed by atoms with Crippen LogP contribution in [0.3, 0.4) is 0 Å². The molecule has 0 saturated carbocycles. The van der Waals surface area contributed by atoms with Gasteiger partial charge in [0.05, 0.1) is 16.3 Å². The SMILES string of the molecule is Cc1c(NC(=O)CCN2C(=O)NC(C)(c3ccc([N+](=O)[O-])cc3)C2=O)c(=O)n(-c2ccccc2)n1C.